The fourth-order valence-corrected chi connectivity index (χ4v) is 8.95. The summed E-state index contributed by atoms with van der Waals surface area (Å²) < 4.78 is 38.9. The molecule has 0 amide bonds. The molecule has 0 radical (unpaired) electrons. The second-order valence-electron chi connectivity index (χ2n) is 12.6. The van der Waals surface area contributed by atoms with E-state index in [1.54, 1.807) is 0 Å². The molecule has 6 atom stereocenters. The molecule has 2 heterocycles. The van der Waals surface area contributed by atoms with Crippen molar-refractivity contribution in [2.45, 2.75) is 128 Å². The van der Waals surface area contributed by atoms with Crippen LogP contribution in [0.5, 0.6) is 5.75 Å². The maximum absolute atomic E-state index is 7.09. The van der Waals surface area contributed by atoms with Crippen LogP contribution in [0.4, 0.5) is 0 Å². The van der Waals surface area contributed by atoms with E-state index in [9.17, 15) is 0 Å². The Bertz CT molecular complexity index is 963. The third kappa shape index (κ3) is 10.4. The average molecular weight is 599 g/mol. The summed E-state index contributed by atoms with van der Waals surface area (Å²) in [6.45, 7) is 9.03. The van der Waals surface area contributed by atoms with E-state index in [2.05, 4.69) is 32.0 Å². The third-order valence-corrected chi connectivity index (χ3v) is 11.2. The van der Waals surface area contributed by atoms with Crippen molar-refractivity contribution in [2.75, 3.05) is 19.8 Å². The van der Waals surface area contributed by atoms with Crippen LogP contribution in [0.2, 0.25) is 19.1 Å². The number of para-hydroxylation sites is 1. The Kier molecular flexibility index (Phi) is 13.8. The maximum atomic E-state index is 7.09. The summed E-state index contributed by atoms with van der Waals surface area (Å²) in [6, 6.07) is 11.1. The smallest absolute Gasteiger partial charge is 0.199 e. The Labute approximate surface area is 255 Å². The van der Waals surface area contributed by atoms with Gasteiger partial charge in [-0.05, 0) is 88.2 Å². The number of unbranched alkanes of at least 4 members (excludes halogenated alkanes) is 1. The summed E-state index contributed by atoms with van der Waals surface area (Å²) in [5, 5.41) is 0. The predicted molar refractivity (Wildman–Crippen MR) is 170 cm³/mol. The number of hydrogen-bond acceptors (Lipinski definition) is 6. The Balaban J connectivity index is 1.60. The monoisotopic (exact) mass is 598 g/mol. The minimum absolute atomic E-state index is 0.0205. The molecule has 3 aliphatic rings. The first-order chi connectivity index (χ1) is 20.5. The second-order valence-corrected chi connectivity index (χ2v) is 16.9. The van der Waals surface area contributed by atoms with Crippen LogP contribution in [0, 0.1) is 24.2 Å². The normalized spacial score (nSPS) is 28.8. The number of ether oxygens (including phenoxy) is 5. The summed E-state index contributed by atoms with van der Waals surface area (Å²) in [6.07, 6.45) is 19.4. The SMILES string of the molecule is C#CCC[C@H]1[C@H](/C(=C\CCOc2ccccc2)OC2CCCCO2)[C@@H](OC2CCCCO2)C[C@H]1O[Si](C)(C)CCCC. The van der Waals surface area contributed by atoms with Gasteiger partial charge in [0.25, 0.3) is 0 Å². The van der Waals surface area contributed by atoms with Crippen molar-refractivity contribution < 1.29 is 28.1 Å². The van der Waals surface area contributed by atoms with Gasteiger partial charge < -0.3 is 28.1 Å². The Hall–Kier alpha value is -1.82. The fraction of sp³-hybridized carbons (Fsp3) is 0.714. The largest absolute Gasteiger partial charge is 0.493 e. The van der Waals surface area contributed by atoms with Gasteiger partial charge in [0, 0.05) is 31.8 Å². The van der Waals surface area contributed by atoms with Gasteiger partial charge in [0.05, 0.1) is 25.4 Å². The average Bonchev–Trinajstić information content (AvgIpc) is 3.33. The quantitative estimate of drug-likeness (QED) is 0.0827. The van der Waals surface area contributed by atoms with E-state index in [1.165, 1.54) is 12.8 Å². The molecule has 2 aliphatic heterocycles. The van der Waals surface area contributed by atoms with Crippen LogP contribution in [-0.2, 0) is 23.4 Å². The second kappa shape index (κ2) is 17.5. The van der Waals surface area contributed by atoms with Crippen molar-refractivity contribution in [3.8, 4) is 18.1 Å². The lowest BCUT2D eigenvalue weighted by Crippen LogP contribution is -2.38. The predicted octanol–water partition coefficient (Wildman–Crippen LogP) is 8.23. The summed E-state index contributed by atoms with van der Waals surface area (Å²) in [4.78, 5) is 0. The molecule has 1 aromatic carbocycles. The van der Waals surface area contributed by atoms with Crippen molar-refractivity contribution in [3.63, 3.8) is 0 Å². The van der Waals surface area contributed by atoms with E-state index in [0.29, 0.717) is 13.0 Å². The molecule has 3 fully saturated rings. The van der Waals surface area contributed by atoms with Crippen LogP contribution in [0.15, 0.2) is 42.2 Å². The molecule has 1 saturated carbocycles. The molecule has 0 bridgehead atoms. The van der Waals surface area contributed by atoms with E-state index < -0.39 is 8.32 Å². The molecule has 7 heteroatoms. The molecule has 6 nitrogen and oxygen atoms in total. The zero-order valence-corrected chi connectivity index (χ0v) is 27.3. The van der Waals surface area contributed by atoms with E-state index >= 15 is 0 Å². The summed E-state index contributed by atoms with van der Waals surface area (Å²) in [5.74, 6) is 4.95. The Morgan fingerprint density at radius 1 is 1.02 bits per heavy atom. The highest BCUT2D eigenvalue weighted by Gasteiger charge is 2.49. The van der Waals surface area contributed by atoms with Gasteiger partial charge in [0.1, 0.15) is 11.5 Å². The first kappa shape index (κ1) is 33.1. The number of terminal acetylenes is 1. The topological polar surface area (TPSA) is 55.4 Å². The van der Waals surface area contributed by atoms with Crippen molar-refractivity contribution in [1.82, 2.24) is 0 Å². The first-order valence-electron chi connectivity index (χ1n) is 16.5. The fourth-order valence-electron chi connectivity index (χ4n) is 6.54. The molecule has 4 rings (SSSR count). The highest BCUT2D eigenvalue weighted by atomic mass is 28.4. The molecular formula is C35H54O6Si. The molecular weight excluding hydrogens is 544 g/mol. The van der Waals surface area contributed by atoms with Crippen LogP contribution in [0.25, 0.3) is 0 Å². The molecule has 1 aliphatic carbocycles. The van der Waals surface area contributed by atoms with Crippen molar-refractivity contribution in [3.05, 3.63) is 42.2 Å². The minimum Gasteiger partial charge on any atom is -0.493 e. The molecule has 0 spiro atoms. The van der Waals surface area contributed by atoms with Gasteiger partial charge in [0.15, 0.2) is 20.9 Å². The lowest BCUT2D eigenvalue weighted by molar-refractivity contribution is -0.201. The van der Waals surface area contributed by atoms with Crippen LogP contribution < -0.4 is 4.74 Å². The Morgan fingerprint density at radius 2 is 1.76 bits per heavy atom. The van der Waals surface area contributed by atoms with Gasteiger partial charge in [-0.15, -0.1) is 12.3 Å². The van der Waals surface area contributed by atoms with E-state index in [1.807, 2.05) is 30.3 Å². The molecule has 2 saturated heterocycles. The van der Waals surface area contributed by atoms with Gasteiger partial charge in [-0.3, -0.25) is 0 Å². The minimum atomic E-state index is -1.87. The zero-order valence-electron chi connectivity index (χ0n) is 26.3. The van der Waals surface area contributed by atoms with Crippen LogP contribution in [0.3, 0.4) is 0 Å². The molecule has 0 aromatic heterocycles. The maximum Gasteiger partial charge on any atom is 0.199 e. The molecule has 1 aromatic rings. The van der Waals surface area contributed by atoms with Gasteiger partial charge in [0.2, 0.25) is 0 Å². The molecule has 2 unspecified atom stereocenters. The summed E-state index contributed by atoms with van der Waals surface area (Å²) in [5.41, 5.74) is 0. The van der Waals surface area contributed by atoms with Crippen LogP contribution >= 0.6 is 0 Å². The lowest BCUT2D eigenvalue weighted by Gasteiger charge is -2.35. The first-order valence-corrected chi connectivity index (χ1v) is 19.6. The van der Waals surface area contributed by atoms with Gasteiger partial charge >= 0.3 is 0 Å². The summed E-state index contributed by atoms with van der Waals surface area (Å²) >= 11 is 0. The highest BCUT2D eigenvalue weighted by molar-refractivity contribution is 6.71. The molecule has 42 heavy (non-hydrogen) atoms. The van der Waals surface area contributed by atoms with Gasteiger partial charge in [-0.25, -0.2) is 0 Å². The van der Waals surface area contributed by atoms with E-state index in [4.69, 9.17) is 34.5 Å². The molecule has 0 N–H and O–H groups in total. The van der Waals surface area contributed by atoms with Crippen LogP contribution in [0.1, 0.15) is 84.0 Å². The Morgan fingerprint density at radius 3 is 2.43 bits per heavy atom. The van der Waals surface area contributed by atoms with Crippen molar-refractivity contribution in [1.29, 1.82) is 0 Å². The van der Waals surface area contributed by atoms with E-state index in [-0.39, 0.29) is 36.6 Å². The highest BCUT2D eigenvalue weighted by Crippen LogP contribution is 2.46. The van der Waals surface area contributed by atoms with Crippen molar-refractivity contribution >= 4 is 8.32 Å². The van der Waals surface area contributed by atoms with Crippen molar-refractivity contribution in [2.24, 2.45) is 11.8 Å². The zero-order chi connectivity index (χ0) is 29.6. The number of benzene rings is 1. The number of rotatable bonds is 16. The number of hydrogen-bond donors (Lipinski definition) is 0. The standard InChI is InChI=1S/C35H54O6Si/c1-5-7-19-29-31(41-42(3,4)26-8-6-2)27-32(40-34-22-13-15-24-38-34)35(29)30(39-33-21-12-14-23-37-33)20-16-25-36-28-17-10-9-11-18-28/h1,9-11,17-18,20,29,31-35H,6-8,12-16,19,21-27H2,2-4H3/b30-20+/t29-,31-,32+,33?,34?,35-/m1/s1. The van der Waals surface area contributed by atoms with E-state index in [0.717, 1.165) is 88.6 Å². The van der Waals surface area contributed by atoms with Gasteiger partial charge in [-0.1, -0.05) is 38.0 Å². The summed E-state index contributed by atoms with van der Waals surface area (Å²) in [7, 11) is -1.87. The molecule has 234 valence electrons. The van der Waals surface area contributed by atoms with Gasteiger partial charge in [-0.2, -0.15) is 0 Å². The lowest BCUT2D eigenvalue weighted by atomic mass is 9.87. The third-order valence-electron chi connectivity index (χ3n) is 8.70. The van der Waals surface area contributed by atoms with Crippen LogP contribution in [-0.4, -0.2) is 52.9 Å².